The van der Waals surface area contributed by atoms with E-state index in [1.165, 1.54) is 0 Å². The summed E-state index contributed by atoms with van der Waals surface area (Å²) >= 11 is 0. The molecule has 3 rings (SSSR count). The highest BCUT2D eigenvalue weighted by Crippen LogP contribution is 2.28. The quantitative estimate of drug-likeness (QED) is 0.854. The number of benzene rings is 1. The Morgan fingerprint density at radius 2 is 2.10 bits per heavy atom. The molecule has 0 spiro atoms. The Balaban J connectivity index is 1.88. The molecule has 0 saturated heterocycles. The van der Waals surface area contributed by atoms with Crippen molar-refractivity contribution in [3.8, 4) is 6.07 Å². The maximum absolute atomic E-state index is 12.5. The number of carbonyl (C=O) groups is 1. The first kappa shape index (κ1) is 12.6. The molecule has 0 atom stereocenters. The van der Waals surface area contributed by atoms with E-state index in [1.807, 2.05) is 30.3 Å². The third-order valence-corrected chi connectivity index (χ3v) is 3.53. The van der Waals surface area contributed by atoms with Crippen LogP contribution in [-0.2, 0) is 0 Å². The lowest BCUT2D eigenvalue weighted by Gasteiger charge is -2.20. The van der Waals surface area contributed by atoms with Crippen LogP contribution in [-0.4, -0.2) is 28.4 Å². The van der Waals surface area contributed by atoms with E-state index in [0.29, 0.717) is 24.7 Å². The van der Waals surface area contributed by atoms with Crippen molar-refractivity contribution in [3.63, 3.8) is 0 Å². The molecule has 1 heterocycles. The van der Waals surface area contributed by atoms with E-state index in [2.05, 4.69) is 11.1 Å². The van der Waals surface area contributed by atoms with Crippen LogP contribution in [0.4, 0.5) is 0 Å². The van der Waals surface area contributed by atoms with E-state index in [-0.39, 0.29) is 5.91 Å². The van der Waals surface area contributed by atoms with Crippen molar-refractivity contribution in [3.05, 3.63) is 42.1 Å². The molecule has 1 fully saturated rings. The second-order valence-corrected chi connectivity index (χ2v) is 5.03. The van der Waals surface area contributed by atoms with E-state index >= 15 is 0 Å². The number of rotatable bonds is 4. The van der Waals surface area contributed by atoms with E-state index in [0.717, 1.165) is 23.7 Å². The number of carbonyl (C=O) groups excluding carboxylic acids is 1. The third-order valence-electron chi connectivity index (χ3n) is 3.53. The van der Waals surface area contributed by atoms with Crippen LogP contribution in [0.25, 0.3) is 10.9 Å². The first-order valence-electron chi connectivity index (χ1n) is 6.83. The largest absolute Gasteiger partial charge is 0.333 e. The number of amides is 1. The van der Waals surface area contributed by atoms with Gasteiger partial charge in [0, 0.05) is 18.0 Å². The molecule has 0 N–H and O–H groups in total. The zero-order valence-corrected chi connectivity index (χ0v) is 11.1. The molecule has 1 aliphatic rings. The molecule has 4 heteroatoms. The minimum Gasteiger partial charge on any atom is -0.333 e. The molecule has 0 radical (unpaired) electrons. The van der Waals surface area contributed by atoms with E-state index < -0.39 is 0 Å². The molecule has 1 saturated carbocycles. The smallest absolute Gasteiger partial charge is 0.272 e. The van der Waals surface area contributed by atoms with Crippen LogP contribution in [0.5, 0.6) is 0 Å². The lowest BCUT2D eigenvalue weighted by atomic mass is 10.2. The van der Waals surface area contributed by atoms with Gasteiger partial charge in [0.1, 0.15) is 5.69 Å². The summed E-state index contributed by atoms with van der Waals surface area (Å²) in [5.41, 5.74) is 1.29. The number of para-hydroxylation sites is 1. The van der Waals surface area contributed by atoms with E-state index in [4.69, 9.17) is 5.26 Å². The van der Waals surface area contributed by atoms with Crippen LogP contribution in [0, 0.1) is 11.3 Å². The second-order valence-electron chi connectivity index (χ2n) is 5.03. The van der Waals surface area contributed by atoms with Gasteiger partial charge in [-0.25, -0.2) is 4.98 Å². The van der Waals surface area contributed by atoms with Crippen molar-refractivity contribution < 1.29 is 4.79 Å². The summed E-state index contributed by atoms with van der Waals surface area (Å²) in [7, 11) is 0. The summed E-state index contributed by atoms with van der Waals surface area (Å²) in [6.07, 6.45) is 2.44. The maximum Gasteiger partial charge on any atom is 0.272 e. The Bertz CT molecular complexity index is 685. The van der Waals surface area contributed by atoms with Crippen molar-refractivity contribution in [2.45, 2.75) is 25.3 Å². The normalized spacial score (nSPS) is 13.9. The average molecular weight is 265 g/mol. The number of hydrogen-bond acceptors (Lipinski definition) is 3. The fraction of sp³-hybridized carbons (Fsp3) is 0.312. The van der Waals surface area contributed by atoms with Crippen LogP contribution in [0.2, 0.25) is 0 Å². The fourth-order valence-electron chi connectivity index (χ4n) is 2.34. The summed E-state index contributed by atoms with van der Waals surface area (Å²) in [5.74, 6) is -0.0616. The highest BCUT2D eigenvalue weighted by Gasteiger charge is 2.33. The second kappa shape index (κ2) is 5.30. The fourth-order valence-corrected chi connectivity index (χ4v) is 2.34. The molecule has 1 aromatic heterocycles. The highest BCUT2D eigenvalue weighted by molar-refractivity contribution is 5.95. The predicted molar refractivity (Wildman–Crippen MR) is 76.0 cm³/mol. The molecule has 0 unspecified atom stereocenters. The third kappa shape index (κ3) is 2.48. The number of pyridine rings is 1. The molecular formula is C16H15N3O. The molecule has 20 heavy (non-hydrogen) atoms. The predicted octanol–water partition coefficient (Wildman–Crippen LogP) is 2.75. The molecular weight excluding hydrogens is 250 g/mol. The van der Waals surface area contributed by atoms with Crippen LogP contribution in [0.1, 0.15) is 29.8 Å². The van der Waals surface area contributed by atoms with Gasteiger partial charge in [-0.1, -0.05) is 24.3 Å². The minimum absolute atomic E-state index is 0.0616. The molecule has 1 aromatic carbocycles. The zero-order valence-electron chi connectivity index (χ0n) is 11.1. The highest BCUT2D eigenvalue weighted by atomic mass is 16.2. The van der Waals surface area contributed by atoms with Crippen molar-refractivity contribution in [1.29, 1.82) is 5.26 Å². The summed E-state index contributed by atoms with van der Waals surface area (Å²) in [4.78, 5) is 18.8. The van der Waals surface area contributed by atoms with Crippen LogP contribution in [0.3, 0.4) is 0 Å². The van der Waals surface area contributed by atoms with Gasteiger partial charge in [-0.15, -0.1) is 0 Å². The molecule has 0 aliphatic heterocycles. The van der Waals surface area contributed by atoms with Crippen molar-refractivity contribution in [2.24, 2.45) is 0 Å². The summed E-state index contributed by atoms with van der Waals surface area (Å²) in [6, 6.07) is 13.8. The van der Waals surface area contributed by atoms with Gasteiger partial charge < -0.3 is 4.90 Å². The van der Waals surface area contributed by atoms with Gasteiger partial charge in [0.15, 0.2) is 0 Å². The van der Waals surface area contributed by atoms with Gasteiger partial charge in [-0.3, -0.25) is 4.79 Å². The number of fused-ring (bicyclic) bond motifs is 1. The maximum atomic E-state index is 12.5. The van der Waals surface area contributed by atoms with Crippen LogP contribution in [0.15, 0.2) is 36.4 Å². The Morgan fingerprint density at radius 1 is 1.30 bits per heavy atom. The number of nitrogens with zero attached hydrogens (tertiary/aromatic N) is 3. The van der Waals surface area contributed by atoms with E-state index in [1.54, 1.807) is 11.0 Å². The number of hydrogen-bond donors (Lipinski definition) is 0. The topological polar surface area (TPSA) is 57.0 Å². The Labute approximate surface area is 117 Å². The molecule has 4 nitrogen and oxygen atoms in total. The van der Waals surface area contributed by atoms with E-state index in [9.17, 15) is 4.79 Å². The summed E-state index contributed by atoms with van der Waals surface area (Å²) < 4.78 is 0. The van der Waals surface area contributed by atoms with Gasteiger partial charge in [-0.2, -0.15) is 5.26 Å². The molecule has 100 valence electrons. The molecule has 1 aliphatic carbocycles. The first-order chi connectivity index (χ1) is 9.79. The first-order valence-corrected chi connectivity index (χ1v) is 6.83. The van der Waals surface area contributed by atoms with Gasteiger partial charge in [0.25, 0.3) is 5.91 Å². The number of nitriles is 1. The van der Waals surface area contributed by atoms with Crippen LogP contribution < -0.4 is 0 Å². The Hall–Kier alpha value is -2.41. The lowest BCUT2D eigenvalue weighted by molar-refractivity contribution is 0.0741. The van der Waals surface area contributed by atoms with Crippen molar-refractivity contribution >= 4 is 16.8 Å². The monoisotopic (exact) mass is 265 g/mol. The van der Waals surface area contributed by atoms with Crippen molar-refractivity contribution in [2.75, 3.05) is 6.54 Å². The summed E-state index contributed by atoms with van der Waals surface area (Å²) in [5, 5.41) is 9.73. The molecule has 1 amide bonds. The zero-order chi connectivity index (χ0) is 13.9. The standard InChI is InChI=1S/C16H15N3O/c17-10-3-11-19(13-7-8-13)16(20)15-9-6-12-4-1-2-5-14(12)18-15/h1-2,4-6,9,13H,3,7-8,11H2. The number of aromatic nitrogens is 1. The van der Waals surface area contributed by atoms with Gasteiger partial charge in [0.05, 0.1) is 18.0 Å². The Kier molecular flexibility index (Phi) is 3.34. The van der Waals surface area contributed by atoms with Gasteiger partial charge >= 0.3 is 0 Å². The van der Waals surface area contributed by atoms with Crippen LogP contribution >= 0.6 is 0 Å². The summed E-state index contributed by atoms with van der Waals surface area (Å²) in [6.45, 7) is 0.495. The molecule has 2 aromatic rings. The van der Waals surface area contributed by atoms with Gasteiger partial charge in [-0.05, 0) is 25.0 Å². The lowest BCUT2D eigenvalue weighted by Crippen LogP contribution is -2.34. The molecule has 0 bridgehead atoms. The van der Waals surface area contributed by atoms with Gasteiger partial charge in [0.2, 0.25) is 0 Å². The minimum atomic E-state index is -0.0616. The SMILES string of the molecule is N#CCCN(C(=O)c1ccc2ccccc2n1)C1CC1. The van der Waals surface area contributed by atoms with Crippen molar-refractivity contribution in [1.82, 2.24) is 9.88 Å². The average Bonchev–Trinajstić information content (AvgIpc) is 3.32. The Morgan fingerprint density at radius 3 is 2.85 bits per heavy atom.